The van der Waals surface area contributed by atoms with Gasteiger partial charge in [-0.1, -0.05) is 147 Å². The average molecular weight is 728 g/mol. The van der Waals surface area contributed by atoms with E-state index in [1.54, 1.807) is 0 Å². The van der Waals surface area contributed by atoms with E-state index >= 15 is 0 Å². The molecule has 0 saturated carbocycles. The Morgan fingerprint density at radius 1 is 0.474 bits per heavy atom. The summed E-state index contributed by atoms with van der Waals surface area (Å²) in [6, 6.07) is 59.1. The van der Waals surface area contributed by atoms with Gasteiger partial charge in [0.05, 0.1) is 22.4 Å². The minimum Gasteiger partial charge on any atom is -0.456 e. The number of aromatic nitrogens is 3. The summed E-state index contributed by atoms with van der Waals surface area (Å²) in [4.78, 5) is 11.6. The van der Waals surface area contributed by atoms with Gasteiger partial charge in [0.2, 0.25) is 0 Å². The van der Waals surface area contributed by atoms with Crippen molar-refractivity contribution < 1.29 is 4.42 Å². The first-order valence-corrected chi connectivity index (χ1v) is 19.7. The van der Waals surface area contributed by atoms with E-state index in [9.17, 15) is 0 Å². The molecule has 1 aliphatic carbocycles. The summed E-state index contributed by atoms with van der Waals surface area (Å²) in [5.74, 6) is 0.814. The lowest BCUT2D eigenvalue weighted by Gasteiger charge is -2.21. The van der Waals surface area contributed by atoms with Gasteiger partial charge in [0.1, 0.15) is 16.9 Å². The van der Waals surface area contributed by atoms with Crippen LogP contribution in [0.2, 0.25) is 0 Å². The van der Waals surface area contributed by atoms with E-state index in [-0.39, 0.29) is 5.41 Å². The van der Waals surface area contributed by atoms with E-state index in [1.165, 1.54) is 59.4 Å². The van der Waals surface area contributed by atoms with Crippen molar-refractivity contribution in [1.29, 1.82) is 0 Å². The molecule has 9 aromatic carbocycles. The average Bonchev–Trinajstić information content (AvgIpc) is 3.88. The molecule has 0 fully saturated rings. The minimum absolute atomic E-state index is 0.331. The van der Waals surface area contributed by atoms with E-state index in [2.05, 4.69) is 170 Å². The summed E-state index contributed by atoms with van der Waals surface area (Å²) in [6.07, 6.45) is 0. The molecule has 0 atom stereocenters. The topological polar surface area (TPSA) is 43.9 Å². The normalized spacial score (nSPS) is 13.6. The summed E-state index contributed by atoms with van der Waals surface area (Å²) < 4.78 is 8.75. The number of hydrogen-bond donors (Lipinski definition) is 0. The molecule has 0 radical (unpaired) electrons. The van der Waals surface area contributed by atoms with E-state index in [4.69, 9.17) is 14.4 Å². The lowest BCUT2D eigenvalue weighted by Crippen LogP contribution is -2.18. The quantitative estimate of drug-likeness (QED) is 0.167. The molecule has 0 amide bonds. The summed E-state index contributed by atoms with van der Waals surface area (Å²) in [6.45, 7) is 4.55. The third-order valence-electron chi connectivity index (χ3n) is 12.7. The smallest absolute Gasteiger partial charge is 0.165 e. The molecular formula is C53H33N3O. The first-order valence-electron chi connectivity index (χ1n) is 19.7. The van der Waals surface area contributed by atoms with Crippen LogP contribution in [-0.4, -0.2) is 14.5 Å². The fraction of sp³-hybridized carbons (Fsp3) is 0.0566. The molecule has 0 spiro atoms. The molecule has 13 rings (SSSR count). The van der Waals surface area contributed by atoms with Gasteiger partial charge in [0.25, 0.3) is 0 Å². The van der Waals surface area contributed by atoms with E-state index in [1.807, 2.05) is 12.1 Å². The van der Waals surface area contributed by atoms with E-state index < -0.39 is 0 Å². The zero-order valence-corrected chi connectivity index (χ0v) is 31.3. The second-order valence-corrected chi connectivity index (χ2v) is 16.1. The summed E-state index contributed by atoms with van der Waals surface area (Å²) in [5.41, 5.74) is 9.80. The van der Waals surface area contributed by atoms with Crippen LogP contribution in [0.25, 0.3) is 115 Å². The molecule has 0 unspecified atom stereocenters. The molecular weight excluding hydrogens is 695 g/mol. The maximum Gasteiger partial charge on any atom is 0.165 e. The van der Waals surface area contributed by atoms with Crippen LogP contribution in [0, 0.1) is 0 Å². The number of hydrogen-bond acceptors (Lipinski definition) is 3. The highest BCUT2D eigenvalue weighted by Crippen LogP contribution is 2.50. The zero-order valence-electron chi connectivity index (χ0n) is 31.3. The molecule has 3 heterocycles. The zero-order chi connectivity index (χ0) is 37.6. The molecule has 4 nitrogen and oxygen atoms in total. The standard InChI is InChI=1S/C53H33N3O/c1-53(2)42-21-11-9-20-39(42)49-51(53)54-48(31-24-28-45-41(29-31)36-18-10-12-22-44(36)57-45)52(55-49)56-43-27-26-38-35-17-6-5-15-33(35)34-16-7-8-19-37(34)46(38)47(43)40-25-23-30-13-3-4-14-32(30)50(40)56/h3-29H,1-2H3. The SMILES string of the molecule is CC1(C)c2ccccc2-c2nc(-n3c4ccc5c6ccccc6c6ccccc6c5c4c4ccc5ccccc5c43)c(-c3ccc4oc5ccccc5c4c3)nc21. The maximum absolute atomic E-state index is 6.32. The molecule has 0 aliphatic heterocycles. The van der Waals surface area contributed by atoms with Gasteiger partial charge in [0, 0.05) is 48.9 Å². The van der Waals surface area contributed by atoms with Crippen molar-refractivity contribution in [3.05, 3.63) is 175 Å². The van der Waals surface area contributed by atoms with E-state index in [0.717, 1.165) is 67.0 Å². The Kier molecular flexibility index (Phi) is 5.94. The van der Waals surface area contributed by atoms with Crippen molar-refractivity contribution >= 4 is 86.8 Å². The van der Waals surface area contributed by atoms with Crippen LogP contribution in [0.4, 0.5) is 0 Å². The third-order valence-corrected chi connectivity index (χ3v) is 12.7. The van der Waals surface area contributed by atoms with Crippen molar-refractivity contribution in [3.63, 3.8) is 0 Å². The second-order valence-electron chi connectivity index (χ2n) is 16.1. The number of nitrogens with zero attached hydrogens (tertiary/aromatic N) is 3. The van der Waals surface area contributed by atoms with Crippen molar-refractivity contribution in [1.82, 2.24) is 14.5 Å². The molecule has 3 aromatic heterocycles. The molecule has 266 valence electrons. The third kappa shape index (κ3) is 4.01. The minimum atomic E-state index is -0.331. The number of benzene rings is 9. The Morgan fingerprint density at radius 2 is 1.11 bits per heavy atom. The highest BCUT2D eigenvalue weighted by molar-refractivity contribution is 6.36. The maximum atomic E-state index is 6.32. The fourth-order valence-corrected chi connectivity index (χ4v) is 10.1. The fourth-order valence-electron chi connectivity index (χ4n) is 10.1. The lowest BCUT2D eigenvalue weighted by atomic mass is 9.85. The van der Waals surface area contributed by atoms with Gasteiger partial charge < -0.3 is 4.42 Å². The van der Waals surface area contributed by atoms with Gasteiger partial charge >= 0.3 is 0 Å². The highest BCUT2D eigenvalue weighted by Gasteiger charge is 2.39. The molecule has 12 aromatic rings. The number of furan rings is 1. The lowest BCUT2D eigenvalue weighted by molar-refractivity contribution is 0.635. The number of fused-ring (bicyclic) bond motifs is 18. The first-order chi connectivity index (χ1) is 28.0. The van der Waals surface area contributed by atoms with Crippen molar-refractivity contribution in [2.45, 2.75) is 19.3 Å². The molecule has 1 aliphatic rings. The largest absolute Gasteiger partial charge is 0.456 e. The predicted octanol–water partition coefficient (Wildman–Crippen LogP) is 14.1. The molecule has 57 heavy (non-hydrogen) atoms. The molecule has 0 saturated heterocycles. The first kappa shape index (κ1) is 31.0. The summed E-state index contributed by atoms with van der Waals surface area (Å²) in [5, 5.41) is 14.5. The van der Waals surface area contributed by atoms with Gasteiger partial charge in [-0.3, -0.25) is 4.57 Å². The van der Waals surface area contributed by atoms with Gasteiger partial charge in [-0.05, 0) is 68.2 Å². The summed E-state index contributed by atoms with van der Waals surface area (Å²) in [7, 11) is 0. The van der Waals surface area contributed by atoms with Gasteiger partial charge in [0.15, 0.2) is 5.82 Å². The van der Waals surface area contributed by atoms with Crippen LogP contribution in [-0.2, 0) is 5.41 Å². The number of rotatable bonds is 2. The van der Waals surface area contributed by atoms with Crippen LogP contribution in [0.5, 0.6) is 0 Å². The van der Waals surface area contributed by atoms with Crippen LogP contribution >= 0.6 is 0 Å². The Hall–Kier alpha value is -7.30. The Labute approximate surface area is 327 Å². The molecule has 4 heteroatoms. The van der Waals surface area contributed by atoms with Crippen molar-refractivity contribution in [2.75, 3.05) is 0 Å². The Bertz CT molecular complexity index is 3700. The van der Waals surface area contributed by atoms with Crippen LogP contribution in [0.3, 0.4) is 0 Å². The van der Waals surface area contributed by atoms with Gasteiger partial charge in [-0.2, -0.15) is 0 Å². The van der Waals surface area contributed by atoms with E-state index in [0.29, 0.717) is 0 Å². The monoisotopic (exact) mass is 727 g/mol. The van der Waals surface area contributed by atoms with Gasteiger partial charge in [-0.15, -0.1) is 0 Å². The Morgan fingerprint density at radius 3 is 1.93 bits per heavy atom. The van der Waals surface area contributed by atoms with Gasteiger partial charge in [-0.25, -0.2) is 9.97 Å². The molecule has 0 bridgehead atoms. The second kappa shape index (κ2) is 10.9. The van der Waals surface area contributed by atoms with Crippen molar-refractivity contribution in [2.24, 2.45) is 0 Å². The van der Waals surface area contributed by atoms with Crippen LogP contribution in [0.1, 0.15) is 25.1 Å². The molecule has 0 N–H and O–H groups in total. The highest BCUT2D eigenvalue weighted by atomic mass is 16.3. The predicted molar refractivity (Wildman–Crippen MR) is 237 cm³/mol. The van der Waals surface area contributed by atoms with Crippen molar-refractivity contribution in [3.8, 4) is 28.3 Å². The summed E-state index contributed by atoms with van der Waals surface area (Å²) >= 11 is 0. The van der Waals surface area contributed by atoms with Crippen LogP contribution < -0.4 is 0 Å². The van der Waals surface area contributed by atoms with Crippen LogP contribution in [0.15, 0.2) is 168 Å². The Balaban J connectivity index is 1.25. The number of para-hydroxylation sites is 1.